The fourth-order valence-corrected chi connectivity index (χ4v) is 4.55. The van der Waals surface area contributed by atoms with Crippen molar-refractivity contribution in [2.75, 3.05) is 25.0 Å². The molecule has 2 amide bonds. The van der Waals surface area contributed by atoms with Crippen molar-refractivity contribution >= 4 is 17.5 Å². The molecule has 1 saturated heterocycles. The first kappa shape index (κ1) is 23.6. The van der Waals surface area contributed by atoms with E-state index < -0.39 is 6.04 Å². The number of benzene rings is 3. The highest BCUT2D eigenvalue weighted by Gasteiger charge is 2.34. The van der Waals surface area contributed by atoms with Crippen LogP contribution in [-0.4, -0.2) is 47.3 Å². The number of anilines is 1. The molecule has 182 valence electrons. The van der Waals surface area contributed by atoms with Gasteiger partial charge < -0.3 is 14.6 Å². The fraction of sp³-hybridized carbons (Fsp3) is 0.200. The molecule has 6 nitrogen and oxygen atoms in total. The van der Waals surface area contributed by atoms with Crippen molar-refractivity contribution in [3.63, 3.8) is 0 Å². The number of aryl methyl sites for hydroxylation is 1. The summed E-state index contributed by atoms with van der Waals surface area (Å²) >= 11 is 0. The van der Waals surface area contributed by atoms with E-state index in [-0.39, 0.29) is 11.8 Å². The van der Waals surface area contributed by atoms with Gasteiger partial charge in [0.15, 0.2) is 0 Å². The zero-order chi connectivity index (χ0) is 24.9. The third-order valence-electron chi connectivity index (χ3n) is 6.54. The first-order chi connectivity index (χ1) is 17.6. The second kappa shape index (κ2) is 10.6. The van der Waals surface area contributed by atoms with Crippen LogP contribution in [0.2, 0.25) is 0 Å². The lowest BCUT2D eigenvalue weighted by molar-refractivity contribution is -0.123. The molecule has 1 atom stereocenters. The summed E-state index contributed by atoms with van der Waals surface area (Å²) in [5, 5.41) is 3.05. The molecule has 0 spiro atoms. The molecule has 0 radical (unpaired) electrons. The maximum absolute atomic E-state index is 13.5. The van der Waals surface area contributed by atoms with Crippen LogP contribution in [0.3, 0.4) is 0 Å². The lowest BCUT2D eigenvalue weighted by atomic mass is 10.0. The van der Waals surface area contributed by atoms with Gasteiger partial charge in [0.25, 0.3) is 5.91 Å². The first-order valence-corrected chi connectivity index (χ1v) is 12.2. The van der Waals surface area contributed by atoms with Crippen LogP contribution in [0.5, 0.6) is 0 Å². The topological polar surface area (TPSA) is 65.8 Å². The van der Waals surface area contributed by atoms with Gasteiger partial charge in [-0.1, -0.05) is 60.2 Å². The second-order valence-electron chi connectivity index (χ2n) is 9.14. The minimum Gasteiger partial charge on any atom is -0.464 e. The summed E-state index contributed by atoms with van der Waals surface area (Å²) < 4.78 is 5.50. The van der Waals surface area contributed by atoms with Crippen LogP contribution in [0.1, 0.15) is 21.5 Å². The van der Waals surface area contributed by atoms with Crippen molar-refractivity contribution in [1.29, 1.82) is 0 Å². The predicted molar refractivity (Wildman–Crippen MR) is 140 cm³/mol. The van der Waals surface area contributed by atoms with Gasteiger partial charge in [-0.3, -0.25) is 14.5 Å². The van der Waals surface area contributed by atoms with Gasteiger partial charge in [0, 0.05) is 43.0 Å². The Morgan fingerprint density at radius 3 is 2.47 bits per heavy atom. The van der Waals surface area contributed by atoms with Crippen molar-refractivity contribution in [2.45, 2.75) is 19.5 Å². The molecular formula is C30H29N3O3. The van der Waals surface area contributed by atoms with Crippen LogP contribution in [0.25, 0.3) is 11.3 Å². The molecule has 0 bridgehead atoms. The van der Waals surface area contributed by atoms with Crippen LogP contribution in [0, 0.1) is 6.92 Å². The summed E-state index contributed by atoms with van der Waals surface area (Å²) in [5.41, 5.74) is 4.45. The fourth-order valence-electron chi connectivity index (χ4n) is 4.55. The minimum absolute atomic E-state index is 0.0871. The van der Waals surface area contributed by atoms with Crippen LogP contribution >= 0.6 is 0 Å². The molecule has 1 fully saturated rings. The van der Waals surface area contributed by atoms with Gasteiger partial charge in [0.2, 0.25) is 5.91 Å². The normalized spacial score (nSPS) is 16.0. The number of furan rings is 1. The zero-order valence-electron chi connectivity index (χ0n) is 20.3. The van der Waals surface area contributed by atoms with Gasteiger partial charge in [-0.2, -0.15) is 0 Å². The number of carbonyl (C=O) groups excluding carboxylic acids is 2. The van der Waals surface area contributed by atoms with Crippen molar-refractivity contribution in [1.82, 2.24) is 9.80 Å². The van der Waals surface area contributed by atoms with Crippen LogP contribution in [0.15, 0.2) is 102 Å². The second-order valence-corrected chi connectivity index (χ2v) is 9.14. The van der Waals surface area contributed by atoms with E-state index in [0.717, 1.165) is 22.4 Å². The Kier molecular flexibility index (Phi) is 6.96. The summed E-state index contributed by atoms with van der Waals surface area (Å²) in [4.78, 5) is 30.9. The minimum atomic E-state index is -0.475. The average molecular weight is 480 g/mol. The molecule has 1 unspecified atom stereocenters. The smallest absolute Gasteiger partial charge is 0.253 e. The van der Waals surface area contributed by atoms with E-state index >= 15 is 0 Å². The third kappa shape index (κ3) is 5.39. The quantitative estimate of drug-likeness (QED) is 0.412. The van der Waals surface area contributed by atoms with Crippen LogP contribution in [-0.2, 0) is 11.3 Å². The molecule has 6 heteroatoms. The van der Waals surface area contributed by atoms with Crippen molar-refractivity contribution < 1.29 is 14.0 Å². The highest BCUT2D eigenvalue weighted by atomic mass is 16.3. The highest BCUT2D eigenvalue weighted by molar-refractivity contribution is 5.98. The Hall–Kier alpha value is -4.16. The van der Waals surface area contributed by atoms with Gasteiger partial charge in [0.05, 0.1) is 6.26 Å². The largest absolute Gasteiger partial charge is 0.464 e. The molecule has 3 aromatic carbocycles. The number of nitrogens with zero attached hydrogens (tertiary/aromatic N) is 2. The molecule has 1 N–H and O–H groups in total. The number of nitrogens with one attached hydrogen (secondary N) is 1. The van der Waals surface area contributed by atoms with E-state index in [2.05, 4.69) is 22.3 Å². The maximum Gasteiger partial charge on any atom is 0.253 e. The summed E-state index contributed by atoms with van der Waals surface area (Å²) in [5.74, 6) is 0.514. The average Bonchev–Trinajstić information content (AvgIpc) is 3.46. The van der Waals surface area contributed by atoms with Crippen LogP contribution in [0.4, 0.5) is 5.69 Å². The predicted octanol–water partition coefficient (Wildman–Crippen LogP) is 5.22. The van der Waals surface area contributed by atoms with E-state index in [1.165, 1.54) is 0 Å². The molecule has 0 aliphatic carbocycles. The first-order valence-electron chi connectivity index (χ1n) is 12.2. The molecular weight excluding hydrogens is 450 g/mol. The number of hydrogen-bond acceptors (Lipinski definition) is 4. The Bertz CT molecular complexity index is 1320. The van der Waals surface area contributed by atoms with Gasteiger partial charge in [-0.25, -0.2) is 0 Å². The van der Waals surface area contributed by atoms with E-state index in [9.17, 15) is 9.59 Å². The molecule has 1 aliphatic rings. The molecule has 4 aromatic rings. The summed E-state index contributed by atoms with van der Waals surface area (Å²) in [6.07, 6.45) is 1.62. The van der Waals surface area contributed by atoms with Gasteiger partial charge in [-0.05, 0) is 48.9 Å². The number of carbonyl (C=O) groups is 2. The summed E-state index contributed by atoms with van der Waals surface area (Å²) in [7, 11) is 0. The van der Waals surface area contributed by atoms with Gasteiger partial charge in [-0.15, -0.1) is 0 Å². The Morgan fingerprint density at radius 2 is 1.72 bits per heavy atom. The third-order valence-corrected chi connectivity index (χ3v) is 6.54. The van der Waals surface area contributed by atoms with E-state index in [4.69, 9.17) is 4.42 Å². The lowest BCUT2D eigenvalue weighted by Crippen LogP contribution is -2.58. The number of amides is 2. The summed E-state index contributed by atoms with van der Waals surface area (Å²) in [6, 6.07) is 28.5. The van der Waals surface area contributed by atoms with Crippen LogP contribution < -0.4 is 5.32 Å². The number of hydrogen-bond donors (Lipinski definition) is 1. The number of rotatable bonds is 6. The highest BCUT2D eigenvalue weighted by Crippen LogP contribution is 2.23. The molecule has 1 aliphatic heterocycles. The van der Waals surface area contributed by atoms with Crippen molar-refractivity contribution in [3.05, 3.63) is 114 Å². The lowest BCUT2D eigenvalue weighted by Gasteiger charge is -2.40. The monoisotopic (exact) mass is 479 g/mol. The maximum atomic E-state index is 13.5. The summed E-state index contributed by atoms with van der Waals surface area (Å²) in [6.45, 7) is 4.12. The Morgan fingerprint density at radius 1 is 0.917 bits per heavy atom. The SMILES string of the molecule is Cc1ccc(NC(=O)C2CN(C(=O)c3cccc(-c4ccco4)c3)CCN2Cc2ccccc2)cc1. The Labute approximate surface area is 211 Å². The molecule has 2 heterocycles. The van der Waals surface area contributed by atoms with Crippen molar-refractivity contribution in [3.8, 4) is 11.3 Å². The van der Waals surface area contributed by atoms with Gasteiger partial charge in [0.1, 0.15) is 11.8 Å². The van der Waals surface area contributed by atoms with E-state index in [0.29, 0.717) is 37.5 Å². The van der Waals surface area contributed by atoms with E-state index in [1.54, 1.807) is 11.2 Å². The van der Waals surface area contributed by atoms with E-state index in [1.807, 2.05) is 85.8 Å². The zero-order valence-corrected chi connectivity index (χ0v) is 20.3. The number of piperazine rings is 1. The van der Waals surface area contributed by atoms with Crippen molar-refractivity contribution in [2.24, 2.45) is 0 Å². The molecule has 36 heavy (non-hydrogen) atoms. The molecule has 1 aromatic heterocycles. The standard InChI is InChI=1S/C30H29N3O3/c1-22-12-14-26(15-13-22)31-29(34)27-21-33(17-16-32(27)20-23-7-3-2-4-8-23)30(35)25-10-5-9-24(19-25)28-11-6-18-36-28/h2-15,18-19,27H,16-17,20-21H2,1H3,(H,31,34). The molecule has 0 saturated carbocycles. The van der Waals surface area contributed by atoms with Gasteiger partial charge >= 0.3 is 0 Å². The Balaban J connectivity index is 1.36. The molecule has 5 rings (SSSR count).